The largest absolute Gasteiger partial charge is 0.294 e. The Kier molecular flexibility index (Phi) is 3.56. The van der Waals surface area contributed by atoms with Gasteiger partial charge >= 0.3 is 0 Å². The molecule has 0 unspecified atom stereocenters. The van der Waals surface area contributed by atoms with E-state index >= 15 is 0 Å². The zero-order chi connectivity index (χ0) is 15.9. The van der Waals surface area contributed by atoms with Gasteiger partial charge in [-0.1, -0.05) is 12.1 Å². The summed E-state index contributed by atoms with van der Waals surface area (Å²) in [6, 6.07) is 7.74. The van der Waals surface area contributed by atoms with E-state index < -0.39 is 0 Å². The third kappa shape index (κ3) is 2.43. The van der Waals surface area contributed by atoms with Crippen LogP contribution in [0.15, 0.2) is 35.4 Å². The van der Waals surface area contributed by atoms with Crippen LogP contribution in [0.25, 0.3) is 10.9 Å². The zero-order valence-electron chi connectivity index (χ0n) is 13.4. The van der Waals surface area contributed by atoms with Gasteiger partial charge in [0.05, 0.1) is 35.5 Å². The highest BCUT2D eigenvalue weighted by atomic mass is 16.1. The summed E-state index contributed by atoms with van der Waals surface area (Å²) in [5.41, 5.74) is 3.89. The van der Waals surface area contributed by atoms with Crippen LogP contribution in [0.4, 0.5) is 0 Å². The molecule has 22 heavy (non-hydrogen) atoms. The van der Waals surface area contributed by atoms with E-state index in [4.69, 9.17) is 0 Å². The monoisotopic (exact) mass is 296 g/mol. The Morgan fingerprint density at radius 3 is 2.68 bits per heavy atom. The Morgan fingerprint density at radius 1 is 1.23 bits per heavy atom. The highest BCUT2D eigenvalue weighted by Crippen LogP contribution is 2.14. The highest BCUT2D eigenvalue weighted by Gasteiger charge is 2.13. The SMILES string of the molecule is Cc1cc(C)n(C[C@H](C)n2cnc3c(C)cccc3c2=O)n1. The standard InChI is InChI=1S/C17H20N4O/c1-11-6-5-7-15-16(11)18-10-20(17(15)22)14(4)9-21-13(3)8-12(2)19-21/h5-8,10,14H,9H2,1-4H3/t14-/m0/s1. The Bertz CT molecular complexity index is 891. The second kappa shape index (κ2) is 5.40. The molecular formula is C17H20N4O. The van der Waals surface area contributed by atoms with E-state index in [1.165, 1.54) is 0 Å². The molecule has 0 radical (unpaired) electrons. The zero-order valence-corrected chi connectivity index (χ0v) is 13.4. The van der Waals surface area contributed by atoms with Gasteiger partial charge in [-0.2, -0.15) is 5.10 Å². The smallest absolute Gasteiger partial charge is 0.261 e. The lowest BCUT2D eigenvalue weighted by Crippen LogP contribution is -2.27. The van der Waals surface area contributed by atoms with Crippen molar-refractivity contribution in [3.8, 4) is 0 Å². The minimum atomic E-state index is -0.0112. The van der Waals surface area contributed by atoms with Gasteiger partial charge in [0.2, 0.25) is 0 Å². The number of hydrogen-bond donors (Lipinski definition) is 0. The maximum absolute atomic E-state index is 12.7. The molecule has 5 heteroatoms. The summed E-state index contributed by atoms with van der Waals surface area (Å²) in [4.78, 5) is 17.2. The molecule has 5 nitrogen and oxygen atoms in total. The van der Waals surface area contributed by atoms with Crippen LogP contribution >= 0.6 is 0 Å². The molecule has 1 aromatic carbocycles. The summed E-state index contributed by atoms with van der Waals surface area (Å²) >= 11 is 0. The minimum absolute atomic E-state index is 0.00253. The van der Waals surface area contributed by atoms with Gasteiger partial charge in [-0.15, -0.1) is 0 Å². The first-order chi connectivity index (χ1) is 10.5. The van der Waals surface area contributed by atoms with Crippen LogP contribution in [0.1, 0.15) is 29.9 Å². The number of aromatic nitrogens is 4. The molecule has 0 aliphatic carbocycles. The van der Waals surface area contributed by atoms with Crippen molar-refractivity contribution in [1.82, 2.24) is 19.3 Å². The van der Waals surface area contributed by atoms with Crippen LogP contribution in [0.2, 0.25) is 0 Å². The fourth-order valence-corrected chi connectivity index (χ4v) is 2.83. The molecule has 0 N–H and O–H groups in total. The van der Waals surface area contributed by atoms with Crippen LogP contribution in [-0.2, 0) is 6.54 Å². The quantitative estimate of drug-likeness (QED) is 0.747. The first-order valence-electron chi connectivity index (χ1n) is 7.45. The Balaban J connectivity index is 2.01. The van der Waals surface area contributed by atoms with Crippen LogP contribution in [-0.4, -0.2) is 19.3 Å². The maximum Gasteiger partial charge on any atom is 0.261 e. The number of hydrogen-bond acceptors (Lipinski definition) is 3. The average molecular weight is 296 g/mol. The molecule has 0 aliphatic heterocycles. The fourth-order valence-electron chi connectivity index (χ4n) is 2.83. The molecule has 2 aromatic heterocycles. The fraction of sp³-hybridized carbons (Fsp3) is 0.353. The number of para-hydroxylation sites is 1. The Hall–Kier alpha value is -2.43. The molecule has 0 saturated heterocycles. The van der Waals surface area contributed by atoms with Crippen LogP contribution in [0.3, 0.4) is 0 Å². The highest BCUT2D eigenvalue weighted by molar-refractivity contribution is 5.80. The molecule has 114 valence electrons. The van der Waals surface area contributed by atoms with Crippen molar-refractivity contribution < 1.29 is 0 Å². The lowest BCUT2D eigenvalue weighted by molar-refractivity contribution is 0.419. The predicted octanol–water partition coefficient (Wildman–Crippen LogP) is 2.78. The molecule has 3 rings (SSSR count). The number of aryl methyl sites for hydroxylation is 3. The van der Waals surface area contributed by atoms with Gasteiger partial charge in [-0.05, 0) is 45.4 Å². The lowest BCUT2D eigenvalue weighted by atomic mass is 10.1. The molecular weight excluding hydrogens is 276 g/mol. The molecule has 0 fully saturated rings. The molecule has 0 spiro atoms. The van der Waals surface area contributed by atoms with E-state index in [9.17, 15) is 4.79 Å². The molecule has 2 heterocycles. The first kappa shape index (κ1) is 14.5. The third-order valence-electron chi connectivity index (χ3n) is 4.03. The number of rotatable bonds is 3. The van der Waals surface area contributed by atoms with E-state index in [1.54, 1.807) is 10.9 Å². The van der Waals surface area contributed by atoms with Gasteiger partial charge in [0, 0.05) is 5.69 Å². The summed E-state index contributed by atoms with van der Waals surface area (Å²) < 4.78 is 3.63. The summed E-state index contributed by atoms with van der Waals surface area (Å²) in [7, 11) is 0. The molecule has 1 atom stereocenters. The van der Waals surface area contributed by atoms with Crippen molar-refractivity contribution >= 4 is 10.9 Å². The normalized spacial score (nSPS) is 12.7. The molecule has 0 aliphatic rings. The van der Waals surface area contributed by atoms with Crippen molar-refractivity contribution in [2.45, 2.75) is 40.3 Å². The number of nitrogens with zero attached hydrogens (tertiary/aromatic N) is 4. The van der Waals surface area contributed by atoms with Gasteiger partial charge in [-0.3, -0.25) is 14.0 Å². The second-order valence-electron chi connectivity index (χ2n) is 5.89. The van der Waals surface area contributed by atoms with Gasteiger partial charge < -0.3 is 0 Å². The van der Waals surface area contributed by atoms with Crippen molar-refractivity contribution in [3.63, 3.8) is 0 Å². The van der Waals surface area contributed by atoms with Gasteiger partial charge in [0.15, 0.2) is 0 Å². The van der Waals surface area contributed by atoms with Gasteiger partial charge in [0.25, 0.3) is 5.56 Å². The number of benzene rings is 1. The number of fused-ring (bicyclic) bond motifs is 1. The summed E-state index contributed by atoms with van der Waals surface area (Å²) in [6.45, 7) is 8.64. The average Bonchev–Trinajstić information content (AvgIpc) is 2.78. The van der Waals surface area contributed by atoms with E-state index in [2.05, 4.69) is 10.1 Å². The van der Waals surface area contributed by atoms with Gasteiger partial charge in [-0.25, -0.2) is 4.98 Å². The second-order valence-corrected chi connectivity index (χ2v) is 5.89. The summed E-state index contributed by atoms with van der Waals surface area (Å²) in [5.74, 6) is 0. The molecule has 0 bridgehead atoms. The summed E-state index contributed by atoms with van der Waals surface area (Å²) in [5, 5.41) is 5.13. The third-order valence-corrected chi connectivity index (χ3v) is 4.03. The minimum Gasteiger partial charge on any atom is -0.294 e. The van der Waals surface area contributed by atoms with E-state index in [0.29, 0.717) is 11.9 Å². The van der Waals surface area contributed by atoms with Crippen molar-refractivity contribution in [3.05, 3.63) is 57.9 Å². The molecule has 0 saturated carbocycles. The lowest BCUT2D eigenvalue weighted by Gasteiger charge is -2.16. The molecule has 3 aromatic rings. The Labute approximate surface area is 129 Å². The first-order valence-corrected chi connectivity index (χ1v) is 7.45. The van der Waals surface area contributed by atoms with Crippen LogP contribution < -0.4 is 5.56 Å². The van der Waals surface area contributed by atoms with Gasteiger partial charge in [0.1, 0.15) is 0 Å². The topological polar surface area (TPSA) is 52.7 Å². The van der Waals surface area contributed by atoms with Crippen molar-refractivity contribution in [2.75, 3.05) is 0 Å². The van der Waals surface area contributed by atoms with Crippen LogP contribution in [0, 0.1) is 20.8 Å². The maximum atomic E-state index is 12.7. The van der Waals surface area contributed by atoms with Crippen molar-refractivity contribution in [1.29, 1.82) is 0 Å². The predicted molar refractivity (Wildman–Crippen MR) is 87.2 cm³/mol. The van der Waals surface area contributed by atoms with E-state index in [-0.39, 0.29) is 11.6 Å². The van der Waals surface area contributed by atoms with E-state index in [0.717, 1.165) is 22.5 Å². The van der Waals surface area contributed by atoms with Crippen molar-refractivity contribution in [2.24, 2.45) is 0 Å². The Morgan fingerprint density at radius 2 is 2.00 bits per heavy atom. The van der Waals surface area contributed by atoms with E-state index in [1.807, 2.05) is 56.6 Å². The summed E-state index contributed by atoms with van der Waals surface area (Å²) in [6.07, 6.45) is 1.65. The molecule has 0 amide bonds. The van der Waals surface area contributed by atoms with Crippen LogP contribution in [0.5, 0.6) is 0 Å².